The molecular weight excluding hydrogens is 312 g/mol. The number of aromatic nitrogens is 1. The van der Waals surface area contributed by atoms with Crippen LogP contribution >= 0.6 is 11.6 Å². The molecule has 23 heavy (non-hydrogen) atoms. The third kappa shape index (κ3) is 4.36. The summed E-state index contributed by atoms with van der Waals surface area (Å²) in [6.45, 7) is 5.90. The van der Waals surface area contributed by atoms with Crippen LogP contribution in [0.5, 0.6) is 0 Å². The normalized spacial score (nSPS) is 20.4. The minimum Gasteiger partial charge on any atom is -0.353 e. The molecule has 2 aliphatic heterocycles. The van der Waals surface area contributed by atoms with E-state index in [2.05, 4.69) is 19.7 Å². The second-order valence-corrected chi connectivity index (χ2v) is 6.77. The summed E-state index contributed by atoms with van der Waals surface area (Å²) in [5, 5.41) is 0.696. The summed E-state index contributed by atoms with van der Waals surface area (Å²) < 4.78 is 0. The van der Waals surface area contributed by atoms with Crippen LogP contribution in [0.25, 0.3) is 0 Å². The maximum atomic E-state index is 12.5. The molecule has 0 radical (unpaired) electrons. The van der Waals surface area contributed by atoms with Crippen LogP contribution < -0.4 is 4.90 Å². The minimum atomic E-state index is 0.288. The Labute approximate surface area is 143 Å². The van der Waals surface area contributed by atoms with E-state index in [1.165, 1.54) is 12.8 Å². The lowest BCUT2D eigenvalue weighted by atomic mass is 10.2. The van der Waals surface area contributed by atoms with E-state index < -0.39 is 0 Å². The molecule has 0 spiro atoms. The van der Waals surface area contributed by atoms with E-state index in [0.29, 0.717) is 11.6 Å². The number of hydrogen-bond acceptors (Lipinski definition) is 4. The van der Waals surface area contributed by atoms with Crippen molar-refractivity contribution in [2.75, 3.05) is 50.7 Å². The maximum Gasteiger partial charge on any atom is 0.236 e. The summed E-state index contributed by atoms with van der Waals surface area (Å²) >= 11 is 6.22. The van der Waals surface area contributed by atoms with E-state index >= 15 is 0 Å². The molecule has 0 aliphatic carbocycles. The van der Waals surface area contributed by atoms with Gasteiger partial charge in [-0.3, -0.25) is 9.69 Å². The number of pyridine rings is 1. The largest absolute Gasteiger partial charge is 0.353 e. The van der Waals surface area contributed by atoms with E-state index in [4.69, 9.17) is 11.6 Å². The monoisotopic (exact) mass is 336 g/mol. The molecule has 1 aromatic heterocycles. The molecule has 126 valence electrons. The first-order chi connectivity index (χ1) is 11.2. The smallest absolute Gasteiger partial charge is 0.236 e. The van der Waals surface area contributed by atoms with Crippen molar-refractivity contribution < 1.29 is 4.79 Å². The van der Waals surface area contributed by atoms with Crippen LogP contribution in [0.1, 0.15) is 25.7 Å². The van der Waals surface area contributed by atoms with E-state index in [9.17, 15) is 4.79 Å². The second-order valence-electron chi connectivity index (χ2n) is 6.37. The molecule has 2 saturated heterocycles. The maximum absolute atomic E-state index is 12.5. The number of piperazine rings is 1. The molecule has 2 aliphatic rings. The SMILES string of the molecule is O=C(CN1CCN(c2ncccc2Cl)CC1)N1CCCCCC1. The predicted molar refractivity (Wildman–Crippen MR) is 92.9 cm³/mol. The third-order valence-corrected chi connectivity index (χ3v) is 5.02. The van der Waals surface area contributed by atoms with Crippen LogP contribution in [0.3, 0.4) is 0 Å². The van der Waals surface area contributed by atoms with Gasteiger partial charge in [-0.2, -0.15) is 0 Å². The van der Waals surface area contributed by atoms with Gasteiger partial charge in [0.05, 0.1) is 11.6 Å². The van der Waals surface area contributed by atoms with Crippen LogP contribution in [-0.4, -0.2) is 66.5 Å². The van der Waals surface area contributed by atoms with Crippen molar-refractivity contribution in [1.29, 1.82) is 0 Å². The molecule has 0 saturated carbocycles. The standard InChI is InChI=1S/C17H25ClN4O/c18-15-6-5-7-19-17(15)22-12-10-20(11-13-22)14-16(23)21-8-3-1-2-4-9-21/h5-7H,1-4,8-14H2. The number of rotatable bonds is 3. The Morgan fingerprint density at radius 1 is 1.04 bits per heavy atom. The summed E-state index contributed by atoms with van der Waals surface area (Å²) in [6.07, 6.45) is 6.59. The highest BCUT2D eigenvalue weighted by Gasteiger charge is 2.23. The third-order valence-electron chi connectivity index (χ3n) is 4.73. The van der Waals surface area contributed by atoms with Crippen LogP contribution in [0.15, 0.2) is 18.3 Å². The lowest BCUT2D eigenvalue weighted by Crippen LogP contribution is -2.50. The molecule has 0 unspecified atom stereocenters. The van der Waals surface area contributed by atoms with Gasteiger partial charge in [0, 0.05) is 45.5 Å². The van der Waals surface area contributed by atoms with Gasteiger partial charge in [-0.1, -0.05) is 24.4 Å². The molecule has 3 heterocycles. The quantitative estimate of drug-likeness (QED) is 0.849. The number of carbonyl (C=O) groups excluding carboxylic acids is 1. The molecule has 1 aromatic rings. The van der Waals surface area contributed by atoms with Gasteiger partial charge in [0.1, 0.15) is 5.82 Å². The van der Waals surface area contributed by atoms with Crippen molar-refractivity contribution in [2.24, 2.45) is 0 Å². The molecular formula is C17H25ClN4O. The summed E-state index contributed by atoms with van der Waals surface area (Å²) in [4.78, 5) is 23.3. The fourth-order valence-corrected chi connectivity index (χ4v) is 3.58. The van der Waals surface area contributed by atoms with Gasteiger partial charge in [-0.25, -0.2) is 4.98 Å². The van der Waals surface area contributed by atoms with Crippen molar-refractivity contribution in [1.82, 2.24) is 14.8 Å². The van der Waals surface area contributed by atoms with Crippen molar-refractivity contribution in [2.45, 2.75) is 25.7 Å². The van der Waals surface area contributed by atoms with Gasteiger partial charge in [-0.15, -0.1) is 0 Å². The van der Waals surface area contributed by atoms with Crippen LogP contribution in [0.2, 0.25) is 5.02 Å². The summed E-state index contributed by atoms with van der Waals surface area (Å²) in [6, 6.07) is 3.72. The fraction of sp³-hybridized carbons (Fsp3) is 0.647. The average molecular weight is 337 g/mol. The molecule has 0 bridgehead atoms. The summed E-state index contributed by atoms with van der Waals surface area (Å²) in [7, 11) is 0. The van der Waals surface area contributed by atoms with Crippen molar-refractivity contribution in [3.8, 4) is 0 Å². The highest BCUT2D eigenvalue weighted by atomic mass is 35.5. The zero-order chi connectivity index (χ0) is 16.1. The highest BCUT2D eigenvalue weighted by Crippen LogP contribution is 2.23. The van der Waals surface area contributed by atoms with Crippen molar-refractivity contribution in [3.05, 3.63) is 23.4 Å². The Kier molecular flexibility index (Phi) is 5.73. The van der Waals surface area contributed by atoms with Crippen LogP contribution in [0.4, 0.5) is 5.82 Å². The average Bonchev–Trinajstić information content (AvgIpc) is 2.86. The first-order valence-electron chi connectivity index (χ1n) is 8.59. The zero-order valence-electron chi connectivity index (χ0n) is 13.6. The summed E-state index contributed by atoms with van der Waals surface area (Å²) in [5.74, 6) is 1.14. The minimum absolute atomic E-state index is 0.288. The molecule has 1 amide bonds. The van der Waals surface area contributed by atoms with Gasteiger partial charge < -0.3 is 9.80 Å². The van der Waals surface area contributed by atoms with Gasteiger partial charge >= 0.3 is 0 Å². The molecule has 0 N–H and O–H groups in total. The van der Waals surface area contributed by atoms with Crippen molar-refractivity contribution >= 4 is 23.3 Å². The predicted octanol–water partition coefficient (Wildman–Crippen LogP) is 2.26. The zero-order valence-corrected chi connectivity index (χ0v) is 14.3. The van der Waals surface area contributed by atoms with Crippen LogP contribution in [-0.2, 0) is 4.79 Å². The number of carbonyl (C=O) groups is 1. The fourth-order valence-electron chi connectivity index (χ4n) is 3.34. The molecule has 2 fully saturated rings. The van der Waals surface area contributed by atoms with Crippen molar-refractivity contribution in [3.63, 3.8) is 0 Å². The van der Waals surface area contributed by atoms with Gasteiger partial charge in [0.25, 0.3) is 0 Å². The molecule has 3 rings (SSSR count). The van der Waals surface area contributed by atoms with E-state index in [0.717, 1.165) is 57.9 Å². The number of hydrogen-bond donors (Lipinski definition) is 0. The molecule has 5 nitrogen and oxygen atoms in total. The van der Waals surface area contributed by atoms with Gasteiger partial charge in [0.2, 0.25) is 5.91 Å². The Hall–Kier alpha value is -1.33. The van der Waals surface area contributed by atoms with E-state index in [1.54, 1.807) is 6.20 Å². The first-order valence-corrected chi connectivity index (χ1v) is 8.97. The Morgan fingerprint density at radius 3 is 2.39 bits per heavy atom. The topological polar surface area (TPSA) is 39.7 Å². The lowest BCUT2D eigenvalue weighted by Gasteiger charge is -2.36. The summed E-state index contributed by atoms with van der Waals surface area (Å²) in [5.41, 5.74) is 0. The van der Waals surface area contributed by atoms with E-state index in [-0.39, 0.29) is 5.91 Å². The number of anilines is 1. The number of amides is 1. The lowest BCUT2D eigenvalue weighted by molar-refractivity contribution is -0.132. The van der Waals surface area contributed by atoms with Crippen LogP contribution in [0, 0.1) is 0 Å². The Bertz CT molecular complexity index is 523. The number of nitrogens with zero attached hydrogens (tertiary/aromatic N) is 4. The Morgan fingerprint density at radius 2 is 1.74 bits per heavy atom. The first kappa shape index (κ1) is 16.5. The second kappa shape index (κ2) is 7.97. The molecule has 6 heteroatoms. The van der Waals surface area contributed by atoms with Gasteiger partial charge in [-0.05, 0) is 25.0 Å². The molecule has 0 atom stereocenters. The molecule has 0 aromatic carbocycles. The highest BCUT2D eigenvalue weighted by molar-refractivity contribution is 6.32. The Balaban J connectivity index is 1.49. The number of likely N-dealkylation sites (tertiary alicyclic amines) is 1. The van der Waals surface area contributed by atoms with Gasteiger partial charge in [0.15, 0.2) is 0 Å². The number of halogens is 1. The van der Waals surface area contributed by atoms with E-state index in [1.807, 2.05) is 12.1 Å².